The van der Waals surface area contributed by atoms with Gasteiger partial charge < -0.3 is 4.70 Å². The maximum atomic E-state index is 9.67. The summed E-state index contributed by atoms with van der Waals surface area (Å²) in [6.07, 6.45) is 4.61. The van der Waals surface area contributed by atoms with Gasteiger partial charge in [-0.2, -0.15) is 4.90 Å². The van der Waals surface area contributed by atoms with E-state index in [9.17, 15) is 12.9 Å². The highest BCUT2D eigenvalue weighted by atomic mass is 19.4. The van der Waals surface area contributed by atoms with Crippen LogP contribution in [0, 0.1) is 13.8 Å². The zero-order chi connectivity index (χ0) is 26.2. The standard InChI is InChI=1S/C31H31N2.BF3.FH/c1-24-13-17-28(18-14-24)32(29-19-15-25(2)16-20-29)23-33-30(26-9-5-3-6-10-26)21-22-31(33)27-11-7-4-8-12-27;2-1(3)4;/h3-20,23,30-31H,21-22H2,1-2H3;;1H/q+1;;/p-1/t30-,31-;;/m1../s1. The Morgan fingerprint density at radius 3 is 1.32 bits per heavy atom. The summed E-state index contributed by atoms with van der Waals surface area (Å²) in [6.45, 7) is 4.28. The second kappa shape index (κ2) is 13.6. The summed E-state index contributed by atoms with van der Waals surface area (Å²) < 4.78 is 31.6. The molecule has 0 bridgehead atoms. The van der Waals surface area contributed by atoms with Crippen molar-refractivity contribution in [2.75, 3.05) is 4.90 Å². The lowest BCUT2D eigenvalue weighted by Crippen LogP contribution is -3.00. The highest BCUT2D eigenvalue weighted by Crippen LogP contribution is 2.41. The predicted octanol–water partition coefficient (Wildman–Crippen LogP) is 5.64. The van der Waals surface area contributed by atoms with Gasteiger partial charge in [0.05, 0.1) is 0 Å². The van der Waals surface area contributed by atoms with Gasteiger partial charge in [0.1, 0.15) is 23.5 Å². The average Bonchev–Trinajstić information content (AvgIpc) is 3.33. The molecule has 4 aromatic rings. The Morgan fingerprint density at radius 2 is 0.974 bits per heavy atom. The van der Waals surface area contributed by atoms with E-state index in [-0.39, 0.29) is 4.70 Å². The molecule has 1 fully saturated rings. The molecular formula is C31H31BF4N2. The van der Waals surface area contributed by atoms with Gasteiger partial charge >= 0.3 is 7.54 Å². The van der Waals surface area contributed by atoms with Crippen LogP contribution in [0.15, 0.2) is 109 Å². The Labute approximate surface area is 222 Å². The summed E-state index contributed by atoms with van der Waals surface area (Å²) in [4.78, 5) is 2.34. The molecule has 1 aliphatic rings. The fourth-order valence-corrected chi connectivity index (χ4v) is 4.85. The van der Waals surface area contributed by atoms with Gasteiger partial charge in [0, 0.05) is 0 Å². The van der Waals surface area contributed by atoms with Crippen LogP contribution in [0.5, 0.6) is 0 Å². The number of hydrogen-bond acceptors (Lipinski definition) is 0. The molecule has 0 aliphatic carbocycles. The van der Waals surface area contributed by atoms with E-state index in [0.717, 1.165) is 12.8 Å². The van der Waals surface area contributed by atoms with Crippen LogP contribution in [0.2, 0.25) is 0 Å². The Morgan fingerprint density at radius 1 is 0.632 bits per heavy atom. The molecular weight excluding hydrogens is 487 g/mol. The molecule has 1 heterocycles. The number of benzene rings is 4. The molecule has 0 radical (unpaired) electrons. The van der Waals surface area contributed by atoms with Gasteiger partial charge in [-0.3, -0.25) is 17.5 Å². The number of hydrogen-bond donors (Lipinski definition) is 0. The summed E-state index contributed by atoms with van der Waals surface area (Å²) in [5.74, 6) is 0. The molecule has 0 unspecified atom stereocenters. The second-order valence-electron chi connectivity index (χ2n) is 9.28. The third-order valence-corrected chi connectivity index (χ3v) is 6.68. The van der Waals surface area contributed by atoms with Gasteiger partial charge in [0.25, 0.3) is 0 Å². The zero-order valence-corrected chi connectivity index (χ0v) is 21.5. The molecule has 0 N–H and O–H groups in total. The van der Waals surface area contributed by atoms with Crippen LogP contribution in [-0.4, -0.2) is 18.5 Å². The number of rotatable bonds is 5. The van der Waals surface area contributed by atoms with Crippen molar-refractivity contribution in [3.8, 4) is 0 Å². The van der Waals surface area contributed by atoms with Crippen LogP contribution in [0.4, 0.5) is 24.3 Å². The highest BCUT2D eigenvalue weighted by molar-refractivity contribution is 6.33. The van der Waals surface area contributed by atoms with E-state index in [4.69, 9.17) is 0 Å². The molecule has 2 nitrogen and oxygen atoms in total. The molecule has 1 aliphatic heterocycles. The van der Waals surface area contributed by atoms with Crippen LogP contribution in [-0.2, 0) is 0 Å². The Balaban J connectivity index is 0.000000749. The first-order valence-corrected chi connectivity index (χ1v) is 12.5. The number of nitrogens with zero attached hydrogens (tertiary/aromatic N) is 2. The molecule has 0 amide bonds. The lowest BCUT2D eigenvalue weighted by Gasteiger charge is -2.21. The summed E-state index contributed by atoms with van der Waals surface area (Å²) >= 11 is 0. The van der Waals surface area contributed by atoms with Crippen LogP contribution in [0.1, 0.15) is 47.2 Å². The molecule has 2 atom stereocenters. The van der Waals surface area contributed by atoms with Gasteiger partial charge in [-0.05, 0) is 62.1 Å². The van der Waals surface area contributed by atoms with Gasteiger partial charge in [0.15, 0.2) is 0 Å². The van der Waals surface area contributed by atoms with Crippen LogP contribution < -0.4 is 9.60 Å². The molecule has 0 saturated carbocycles. The maximum absolute atomic E-state index is 9.67. The maximum Gasteiger partial charge on any atom is 0.762 e. The van der Waals surface area contributed by atoms with Gasteiger partial charge in [-0.25, -0.2) is 0 Å². The van der Waals surface area contributed by atoms with Gasteiger partial charge in [-0.1, -0.05) is 96.1 Å². The molecule has 7 heteroatoms. The van der Waals surface area contributed by atoms with Crippen molar-refractivity contribution in [2.45, 2.75) is 38.8 Å². The number of halogens is 4. The number of anilines is 2. The first-order chi connectivity index (χ1) is 17.9. The van der Waals surface area contributed by atoms with E-state index >= 15 is 0 Å². The smallest absolute Gasteiger partial charge is 0.762 e. The molecule has 196 valence electrons. The summed E-state index contributed by atoms with van der Waals surface area (Å²) in [5, 5.41) is 0. The van der Waals surface area contributed by atoms with Crippen molar-refractivity contribution < 1.29 is 22.2 Å². The quantitative estimate of drug-likeness (QED) is 0.143. The first kappa shape index (κ1) is 28.7. The molecule has 5 rings (SSSR count). The Bertz CT molecular complexity index is 1180. The van der Waals surface area contributed by atoms with Crippen molar-refractivity contribution in [1.82, 2.24) is 0 Å². The average molecular weight is 518 g/mol. The van der Waals surface area contributed by atoms with Crippen molar-refractivity contribution in [3.05, 3.63) is 131 Å². The minimum Gasteiger partial charge on any atom is -1.00 e. The summed E-state index contributed by atoms with van der Waals surface area (Å²) in [5.41, 5.74) is 7.64. The fourth-order valence-electron chi connectivity index (χ4n) is 4.85. The van der Waals surface area contributed by atoms with Crippen molar-refractivity contribution in [2.24, 2.45) is 0 Å². The van der Waals surface area contributed by atoms with Crippen LogP contribution >= 0.6 is 0 Å². The fraction of sp³-hybridized carbons (Fsp3) is 0.194. The molecule has 38 heavy (non-hydrogen) atoms. The topological polar surface area (TPSA) is 6.25 Å². The van der Waals surface area contributed by atoms with Gasteiger partial charge in [-0.15, -0.1) is 0 Å². The third-order valence-electron chi connectivity index (χ3n) is 6.68. The van der Waals surface area contributed by atoms with Gasteiger partial charge in [0.2, 0.25) is 6.34 Å². The van der Waals surface area contributed by atoms with Crippen molar-refractivity contribution in [3.63, 3.8) is 0 Å². The van der Waals surface area contributed by atoms with E-state index in [1.807, 2.05) is 0 Å². The third kappa shape index (κ3) is 7.34. The summed E-state index contributed by atoms with van der Waals surface area (Å²) in [6, 6.07) is 40.2. The van der Waals surface area contributed by atoms with E-state index in [1.165, 1.54) is 33.6 Å². The molecule has 1 saturated heterocycles. The normalized spacial score (nSPS) is 16.1. The van der Waals surface area contributed by atoms with Crippen molar-refractivity contribution >= 4 is 25.3 Å². The van der Waals surface area contributed by atoms with Crippen LogP contribution in [0.3, 0.4) is 0 Å². The van der Waals surface area contributed by atoms with Crippen molar-refractivity contribution in [1.29, 1.82) is 0 Å². The number of aryl methyl sites for hydroxylation is 2. The highest BCUT2D eigenvalue weighted by Gasteiger charge is 2.36. The van der Waals surface area contributed by atoms with E-state index in [1.54, 1.807) is 0 Å². The summed E-state index contributed by atoms with van der Waals surface area (Å²) in [7, 11) is -3.67. The lowest BCUT2D eigenvalue weighted by atomic mass is 10.0. The Kier molecular flexibility index (Phi) is 10.3. The lowest BCUT2D eigenvalue weighted by molar-refractivity contribution is -0.587. The first-order valence-electron chi connectivity index (χ1n) is 12.5. The van der Waals surface area contributed by atoms with E-state index in [2.05, 4.69) is 139 Å². The van der Waals surface area contributed by atoms with E-state index in [0.29, 0.717) is 12.1 Å². The zero-order valence-electron chi connectivity index (χ0n) is 21.5. The largest absolute Gasteiger partial charge is 1.00 e. The van der Waals surface area contributed by atoms with Crippen LogP contribution in [0.25, 0.3) is 0 Å². The monoisotopic (exact) mass is 518 g/mol. The minimum absolute atomic E-state index is 0. The second-order valence-corrected chi connectivity index (χ2v) is 9.28. The molecule has 0 aromatic heterocycles. The SMILES string of the molecule is Cc1ccc(N(C=[N+]2[C@@H](c3ccccc3)CC[C@@H]2c2ccccc2)c2ccc(C)cc2)cc1.FB(F)F.[F-]. The molecule has 0 spiro atoms. The van der Waals surface area contributed by atoms with E-state index < -0.39 is 7.54 Å². The minimum atomic E-state index is -3.67. The Hall–Kier alpha value is -3.87. The predicted molar refractivity (Wildman–Crippen MR) is 147 cm³/mol. The molecule has 4 aromatic carbocycles.